The van der Waals surface area contributed by atoms with Crippen LogP contribution in [0.15, 0.2) is 223 Å². The number of hydrogen-bond donors (Lipinski definition) is 5. The van der Waals surface area contributed by atoms with E-state index in [0.717, 1.165) is 110 Å². The van der Waals surface area contributed by atoms with Crippen molar-refractivity contribution < 1.29 is 43.3 Å². The fourth-order valence-corrected chi connectivity index (χ4v) is 14.4. The molecule has 0 saturated heterocycles. The SMILES string of the molecule is CC(=O)N1c2ccc(-c3ccc(C(=O)O)cc3)cc2[C@H](Nc2ccc(Cl)cc2)C[C@@H]1C.CC(=O)N1c2ccccc2CCC1C.CNCc1ccc(-c2ccc3c(c2)[C@H](NC(=O)OC(C)C)C[C@H](C)N3C(C)=O)cc1.Cc1nnc2n1-c1ccccc1C(c1ccccc1)=NC2NC(=O)OCc1ccccc1. The molecule has 0 spiro atoms. The maximum Gasteiger partial charge on any atom is 0.409 e. The zero-order valence-corrected chi connectivity index (χ0v) is 62.5. The second kappa shape index (κ2) is 34.9. The average molecular weight is 1460 g/mol. The van der Waals surface area contributed by atoms with Gasteiger partial charge in [-0.25, -0.2) is 14.4 Å². The molecule has 1 aromatic heterocycles. The van der Waals surface area contributed by atoms with E-state index in [1.807, 2.05) is 201 Å². The number of nitrogens with one attached hydrogen (secondary N) is 4. The lowest BCUT2D eigenvalue weighted by atomic mass is 9.88. The van der Waals surface area contributed by atoms with Crippen molar-refractivity contribution in [2.45, 2.75) is 144 Å². The van der Waals surface area contributed by atoms with Crippen molar-refractivity contribution in [1.29, 1.82) is 0 Å². The number of carbonyl (C=O) groups is 6. The molecule has 5 N–H and O–H groups in total. The minimum absolute atomic E-state index is 0.00359. The first-order chi connectivity index (χ1) is 51.5. The molecule has 0 bridgehead atoms. The standard InChI is InChI=1S/C25H23ClN2O3.C25H21N5O2.C24H31N3O3.C12H15NO/c1-15-13-23(27-21-10-8-20(26)9-11-21)22-14-19(7-12-24(22)28(15)16(2)29)17-3-5-18(6-4-17)25(30)31;1-17-28-29-24-23(27-25(31)32-16-18-10-4-2-5-11-18)26-22(19-12-6-3-7-13-19)20-14-8-9-15-21(20)30(17)24;1-15(2)30-24(29)26-22-12-16(3)27(17(4)28)23-11-10-20(13-21(22)23)19-8-6-18(7-9-19)14-25-5;1-9-7-8-11-5-3-4-6-12(11)13(9)10(2)14/h3-12,14-15,23,27H,13H2,1-2H3,(H,30,31);2-15,23H,16H2,1H3,(H,27,31);6-11,13,15-16,22,25H,12,14H2,1-5H3,(H,26,29);3-6,9H,7-8H2,1-2H3/t15-,23+;;16-,22+;/m0.0./s1. The molecule has 0 fully saturated rings. The predicted octanol–water partition coefficient (Wildman–Crippen LogP) is 17.1. The number of ether oxygens (including phenoxy) is 2. The third-order valence-electron chi connectivity index (χ3n) is 19.1. The lowest BCUT2D eigenvalue weighted by molar-refractivity contribution is -0.118. The lowest BCUT2D eigenvalue weighted by Gasteiger charge is -2.39. The Morgan fingerprint density at radius 2 is 1.08 bits per heavy atom. The van der Waals surface area contributed by atoms with Gasteiger partial charge >= 0.3 is 18.2 Å². The van der Waals surface area contributed by atoms with Crippen molar-refractivity contribution >= 4 is 75.9 Å². The van der Waals surface area contributed by atoms with E-state index in [-0.39, 0.29) is 60.2 Å². The first-order valence-electron chi connectivity index (χ1n) is 36.0. The number of fused-ring (bicyclic) bond motifs is 6. The maximum atomic E-state index is 12.7. The molecule has 5 heterocycles. The number of aromatic carboxylic acids is 1. The summed E-state index contributed by atoms with van der Waals surface area (Å²) in [6.45, 7) is 17.5. The first kappa shape index (κ1) is 76.4. The van der Waals surface area contributed by atoms with Crippen LogP contribution in [-0.2, 0) is 43.4 Å². The van der Waals surface area contributed by atoms with Crippen molar-refractivity contribution in [2.24, 2.45) is 4.99 Å². The van der Waals surface area contributed by atoms with Crippen LogP contribution in [0.2, 0.25) is 5.02 Å². The molecule has 107 heavy (non-hydrogen) atoms. The molecule has 0 aliphatic carbocycles. The number of aliphatic imine (C=N–C) groups is 1. The summed E-state index contributed by atoms with van der Waals surface area (Å²) >= 11 is 6.02. The Labute approximate surface area is 629 Å². The fraction of sp³-hybridized carbons (Fsp3) is 0.267. The van der Waals surface area contributed by atoms with Gasteiger partial charge < -0.3 is 45.2 Å². The Hall–Kier alpha value is -11.7. The van der Waals surface area contributed by atoms with E-state index < -0.39 is 24.3 Å². The number of para-hydroxylation sites is 2. The molecule has 4 aliphatic rings. The summed E-state index contributed by atoms with van der Waals surface area (Å²) in [5.41, 5.74) is 17.0. The molecular formula is C86H90ClN11O9. The van der Waals surface area contributed by atoms with Gasteiger partial charge in [-0.1, -0.05) is 157 Å². The van der Waals surface area contributed by atoms with Gasteiger partial charge in [-0.2, -0.15) is 0 Å². The Morgan fingerprint density at radius 1 is 0.551 bits per heavy atom. The molecule has 4 aliphatic heterocycles. The van der Waals surface area contributed by atoms with Crippen LogP contribution < -0.4 is 36.0 Å². The van der Waals surface area contributed by atoms with Crippen LogP contribution >= 0.6 is 11.6 Å². The van der Waals surface area contributed by atoms with Gasteiger partial charge in [0, 0.05) is 84.3 Å². The summed E-state index contributed by atoms with van der Waals surface area (Å²) in [5.74, 6) is 0.437. The average Bonchev–Trinajstić information content (AvgIpc) is 1.73. The van der Waals surface area contributed by atoms with Crippen molar-refractivity contribution in [3.8, 4) is 27.9 Å². The van der Waals surface area contributed by atoms with Gasteiger partial charge in [0.2, 0.25) is 17.7 Å². The van der Waals surface area contributed by atoms with Gasteiger partial charge in [0.15, 0.2) is 12.0 Å². The van der Waals surface area contributed by atoms with Crippen molar-refractivity contribution in [3.63, 3.8) is 0 Å². The normalized spacial score (nSPS) is 17.2. The van der Waals surface area contributed by atoms with E-state index in [2.05, 4.69) is 87.8 Å². The Bertz CT molecular complexity index is 4840. The van der Waals surface area contributed by atoms with Gasteiger partial charge in [0.1, 0.15) is 12.4 Å². The number of aromatic nitrogens is 3. The highest BCUT2D eigenvalue weighted by molar-refractivity contribution is 6.30. The lowest BCUT2D eigenvalue weighted by Crippen LogP contribution is -2.45. The number of carbonyl (C=O) groups excluding carboxylic acids is 5. The quantitative estimate of drug-likeness (QED) is 0.0722. The van der Waals surface area contributed by atoms with Gasteiger partial charge in [0.05, 0.1) is 35.2 Å². The number of aryl methyl sites for hydroxylation is 2. The molecule has 9 aromatic carbocycles. The van der Waals surface area contributed by atoms with Gasteiger partial charge in [-0.15, -0.1) is 10.2 Å². The molecule has 0 saturated carbocycles. The van der Waals surface area contributed by atoms with E-state index >= 15 is 0 Å². The third-order valence-corrected chi connectivity index (χ3v) is 19.4. The largest absolute Gasteiger partial charge is 0.478 e. The number of benzene rings is 9. The van der Waals surface area contributed by atoms with E-state index in [1.165, 1.54) is 11.1 Å². The number of rotatable bonds is 13. The highest BCUT2D eigenvalue weighted by atomic mass is 35.5. The molecule has 21 heteroatoms. The molecule has 14 rings (SSSR count). The zero-order valence-electron chi connectivity index (χ0n) is 61.8. The summed E-state index contributed by atoms with van der Waals surface area (Å²) in [6.07, 6.45) is 1.57. The Morgan fingerprint density at radius 3 is 1.67 bits per heavy atom. The van der Waals surface area contributed by atoms with Crippen LogP contribution in [-0.4, -0.2) is 92.7 Å². The first-order valence-corrected chi connectivity index (χ1v) is 36.4. The highest BCUT2D eigenvalue weighted by Gasteiger charge is 2.36. The van der Waals surface area contributed by atoms with Crippen LogP contribution in [0, 0.1) is 6.92 Å². The van der Waals surface area contributed by atoms with Crippen molar-refractivity contribution in [2.75, 3.05) is 27.1 Å². The predicted molar refractivity (Wildman–Crippen MR) is 421 cm³/mol. The van der Waals surface area contributed by atoms with Gasteiger partial charge in [0.25, 0.3) is 0 Å². The molecule has 10 aromatic rings. The summed E-state index contributed by atoms with van der Waals surface area (Å²) < 4.78 is 12.7. The van der Waals surface area contributed by atoms with Crippen molar-refractivity contribution in [3.05, 3.63) is 280 Å². The molecule has 2 unspecified atom stereocenters. The van der Waals surface area contributed by atoms with Crippen LogP contribution in [0.3, 0.4) is 0 Å². The van der Waals surface area contributed by atoms with E-state index in [0.29, 0.717) is 29.1 Å². The maximum absolute atomic E-state index is 12.7. The molecule has 6 atom stereocenters. The second-order valence-corrected chi connectivity index (χ2v) is 27.7. The second-order valence-electron chi connectivity index (χ2n) is 27.3. The number of amides is 5. The van der Waals surface area contributed by atoms with E-state index in [1.54, 1.807) is 49.9 Å². The van der Waals surface area contributed by atoms with Crippen LogP contribution in [0.5, 0.6) is 0 Å². The summed E-state index contributed by atoms with van der Waals surface area (Å²) in [6, 6.07) is 70.6. The minimum atomic E-state index is -0.949. The molecule has 5 amide bonds. The number of nitrogens with zero attached hydrogens (tertiary/aromatic N) is 7. The monoisotopic (exact) mass is 1460 g/mol. The number of carboxylic acids is 1. The summed E-state index contributed by atoms with van der Waals surface area (Å²) in [7, 11) is 1.93. The molecule has 0 radical (unpaired) electrons. The minimum Gasteiger partial charge on any atom is -0.478 e. The molecule has 550 valence electrons. The third kappa shape index (κ3) is 18.5. The summed E-state index contributed by atoms with van der Waals surface area (Å²) in [5, 5.41) is 31.0. The number of carboxylic acid groups (broad SMARTS) is 1. The van der Waals surface area contributed by atoms with Gasteiger partial charge in [-0.05, 0) is 197 Å². The summed E-state index contributed by atoms with van der Waals surface area (Å²) in [4.78, 5) is 82.8. The van der Waals surface area contributed by atoms with Crippen LogP contribution in [0.25, 0.3) is 27.9 Å². The number of alkyl carbamates (subject to hydrolysis) is 2. The van der Waals surface area contributed by atoms with Crippen LogP contribution in [0.4, 0.5) is 32.3 Å². The zero-order chi connectivity index (χ0) is 76.0. The Balaban J connectivity index is 0.000000147. The number of halogens is 1. The number of anilines is 4. The molecule has 20 nitrogen and oxygen atoms in total. The van der Waals surface area contributed by atoms with E-state index in [4.69, 9.17) is 31.2 Å². The van der Waals surface area contributed by atoms with Crippen molar-refractivity contribution in [1.82, 2.24) is 30.7 Å². The Kier molecular flexibility index (Phi) is 24.9. The van der Waals surface area contributed by atoms with Gasteiger partial charge in [-0.3, -0.25) is 29.3 Å². The van der Waals surface area contributed by atoms with Crippen LogP contribution in [0.1, 0.15) is 154 Å². The number of hydrogen-bond acceptors (Lipinski definition) is 13. The highest BCUT2D eigenvalue weighted by Crippen LogP contribution is 2.43. The molecular weight excluding hydrogens is 1370 g/mol. The fourth-order valence-electron chi connectivity index (χ4n) is 14.2. The van der Waals surface area contributed by atoms with E-state index in [9.17, 15) is 28.8 Å². The smallest absolute Gasteiger partial charge is 0.409 e. The topological polar surface area (TPSA) is 242 Å².